The molecule has 0 N–H and O–H groups in total. The number of carbonyl (C=O) groups is 1. The first-order valence-corrected chi connectivity index (χ1v) is 8.45. The molecule has 0 bridgehead atoms. The minimum Gasteiger partial charge on any atom is -0.496 e. The zero-order valence-corrected chi connectivity index (χ0v) is 13.3. The number of thiazole rings is 1. The highest BCUT2D eigenvalue weighted by atomic mass is 32.1. The van der Waals surface area contributed by atoms with E-state index in [1.165, 1.54) is 0 Å². The molecule has 0 fully saturated rings. The van der Waals surface area contributed by atoms with Gasteiger partial charge in [-0.15, -0.1) is 11.3 Å². The largest absolute Gasteiger partial charge is 0.496 e. The topological polar surface area (TPSA) is 48.4 Å². The standard InChI is InChI=1S/C16H11NO3S2/c1-19-13-3-2-10(15-14(13)12(18)6-20-15)11-8-22-16(17-11)9-4-5-21-7-9/h2-5,7-8H,6H2,1H3. The maximum absolute atomic E-state index is 12.0. The van der Waals surface area contributed by atoms with E-state index in [1.807, 2.05) is 22.9 Å². The summed E-state index contributed by atoms with van der Waals surface area (Å²) in [6, 6.07) is 5.73. The van der Waals surface area contributed by atoms with Crippen molar-refractivity contribution >= 4 is 28.5 Å². The number of aromatic nitrogens is 1. The first kappa shape index (κ1) is 13.5. The van der Waals surface area contributed by atoms with Gasteiger partial charge in [-0.25, -0.2) is 4.98 Å². The lowest BCUT2D eigenvalue weighted by molar-refractivity contribution is 0.0959. The Morgan fingerprint density at radius 3 is 2.95 bits per heavy atom. The fraction of sp³-hybridized carbons (Fsp3) is 0.125. The van der Waals surface area contributed by atoms with Gasteiger partial charge in [0.25, 0.3) is 0 Å². The minimum atomic E-state index is -0.0537. The molecule has 1 aliphatic rings. The van der Waals surface area contributed by atoms with Gasteiger partial charge >= 0.3 is 0 Å². The highest BCUT2D eigenvalue weighted by Crippen LogP contribution is 2.42. The molecule has 0 amide bonds. The molecular weight excluding hydrogens is 318 g/mol. The molecule has 6 heteroatoms. The van der Waals surface area contributed by atoms with Gasteiger partial charge in [0.05, 0.1) is 12.8 Å². The second-order valence-corrected chi connectivity index (χ2v) is 6.42. The van der Waals surface area contributed by atoms with Crippen molar-refractivity contribution in [3.63, 3.8) is 0 Å². The van der Waals surface area contributed by atoms with E-state index in [0.29, 0.717) is 17.1 Å². The van der Waals surface area contributed by atoms with Crippen LogP contribution in [0, 0.1) is 0 Å². The Kier molecular flexibility index (Phi) is 3.20. The average Bonchev–Trinajstić information content (AvgIpc) is 3.26. The number of ether oxygens (including phenoxy) is 2. The van der Waals surface area contributed by atoms with E-state index < -0.39 is 0 Å². The summed E-state index contributed by atoms with van der Waals surface area (Å²) in [6.45, 7) is 0.0598. The molecule has 3 heterocycles. The van der Waals surface area contributed by atoms with Crippen molar-refractivity contribution in [1.82, 2.24) is 4.98 Å². The Balaban J connectivity index is 1.83. The van der Waals surface area contributed by atoms with Gasteiger partial charge in [-0.1, -0.05) is 0 Å². The number of Topliss-reactive ketones (excluding diaryl/α,β-unsaturated/α-hetero) is 1. The van der Waals surface area contributed by atoms with Gasteiger partial charge < -0.3 is 9.47 Å². The Labute approximate surface area is 135 Å². The number of rotatable bonds is 3. The summed E-state index contributed by atoms with van der Waals surface area (Å²) in [5.41, 5.74) is 3.28. The molecule has 0 unspecified atom stereocenters. The fourth-order valence-corrected chi connectivity index (χ4v) is 4.01. The Hall–Kier alpha value is -2.18. The zero-order chi connectivity index (χ0) is 15.1. The molecule has 0 radical (unpaired) electrons. The lowest BCUT2D eigenvalue weighted by Crippen LogP contribution is -2.00. The Morgan fingerprint density at radius 2 is 2.18 bits per heavy atom. The van der Waals surface area contributed by atoms with E-state index >= 15 is 0 Å². The van der Waals surface area contributed by atoms with Gasteiger partial charge in [0.2, 0.25) is 5.78 Å². The van der Waals surface area contributed by atoms with E-state index in [-0.39, 0.29) is 12.4 Å². The molecule has 4 nitrogen and oxygen atoms in total. The number of methoxy groups -OCH3 is 1. The van der Waals surface area contributed by atoms with Crippen LogP contribution in [-0.2, 0) is 0 Å². The minimum absolute atomic E-state index is 0.0537. The van der Waals surface area contributed by atoms with Crippen LogP contribution in [0.15, 0.2) is 34.3 Å². The monoisotopic (exact) mass is 329 g/mol. The first-order chi connectivity index (χ1) is 10.8. The summed E-state index contributed by atoms with van der Waals surface area (Å²) in [5, 5.41) is 7.05. The molecule has 0 saturated carbocycles. The van der Waals surface area contributed by atoms with Crippen LogP contribution in [0.4, 0.5) is 0 Å². The molecule has 22 heavy (non-hydrogen) atoms. The molecule has 1 aromatic carbocycles. The van der Waals surface area contributed by atoms with Crippen molar-refractivity contribution in [2.45, 2.75) is 0 Å². The van der Waals surface area contributed by atoms with Crippen molar-refractivity contribution in [2.24, 2.45) is 0 Å². The number of benzene rings is 1. The van der Waals surface area contributed by atoms with Gasteiger partial charge in [-0.3, -0.25) is 4.79 Å². The number of nitrogens with zero attached hydrogens (tertiary/aromatic N) is 1. The third kappa shape index (κ3) is 2.03. The number of thiophene rings is 1. The summed E-state index contributed by atoms with van der Waals surface area (Å²) < 4.78 is 10.8. The van der Waals surface area contributed by atoms with E-state index in [1.54, 1.807) is 35.8 Å². The van der Waals surface area contributed by atoms with Crippen LogP contribution in [0.5, 0.6) is 11.5 Å². The van der Waals surface area contributed by atoms with Gasteiger partial charge in [0, 0.05) is 21.9 Å². The predicted molar refractivity (Wildman–Crippen MR) is 87.2 cm³/mol. The summed E-state index contributed by atoms with van der Waals surface area (Å²) in [6.07, 6.45) is 0. The normalized spacial score (nSPS) is 13.0. The van der Waals surface area contributed by atoms with Gasteiger partial charge in [0.15, 0.2) is 6.61 Å². The third-order valence-electron chi connectivity index (χ3n) is 3.51. The number of ketones is 1. The number of fused-ring (bicyclic) bond motifs is 1. The molecule has 0 aliphatic carbocycles. The Bertz CT molecular complexity index is 852. The maximum Gasteiger partial charge on any atom is 0.207 e. The lowest BCUT2D eigenvalue weighted by atomic mass is 10.0. The number of carbonyl (C=O) groups excluding carboxylic acids is 1. The summed E-state index contributed by atoms with van der Waals surface area (Å²) >= 11 is 3.23. The zero-order valence-electron chi connectivity index (χ0n) is 11.7. The van der Waals surface area contributed by atoms with Crippen LogP contribution in [0.1, 0.15) is 10.4 Å². The molecule has 2 aromatic heterocycles. The van der Waals surface area contributed by atoms with E-state index in [4.69, 9.17) is 9.47 Å². The highest BCUT2D eigenvalue weighted by Gasteiger charge is 2.29. The average molecular weight is 329 g/mol. The predicted octanol–water partition coefficient (Wildman–Crippen LogP) is 4.12. The molecule has 4 rings (SSSR count). The van der Waals surface area contributed by atoms with Crippen LogP contribution in [0.3, 0.4) is 0 Å². The third-order valence-corrected chi connectivity index (χ3v) is 5.09. The van der Waals surface area contributed by atoms with Crippen molar-refractivity contribution in [2.75, 3.05) is 13.7 Å². The number of hydrogen-bond acceptors (Lipinski definition) is 6. The van der Waals surface area contributed by atoms with Crippen molar-refractivity contribution in [3.05, 3.63) is 39.9 Å². The summed E-state index contributed by atoms with van der Waals surface area (Å²) in [5.74, 6) is 1.07. The molecule has 3 aromatic rings. The van der Waals surface area contributed by atoms with Crippen molar-refractivity contribution in [3.8, 4) is 33.3 Å². The van der Waals surface area contributed by atoms with Crippen molar-refractivity contribution in [1.29, 1.82) is 0 Å². The van der Waals surface area contributed by atoms with Crippen LogP contribution >= 0.6 is 22.7 Å². The van der Waals surface area contributed by atoms with Crippen LogP contribution < -0.4 is 9.47 Å². The highest BCUT2D eigenvalue weighted by molar-refractivity contribution is 7.14. The lowest BCUT2D eigenvalue weighted by Gasteiger charge is -2.08. The molecule has 110 valence electrons. The molecule has 0 saturated heterocycles. The summed E-state index contributed by atoms with van der Waals surface area (Å²) in [7, 11) is 1.55. The van der Waals surface area contributed by atoms with Gasteiger partial charge in [-0.2, -0.15) is 11.3 Å². The van der Waals surface area contributed by atoms with Crippen LogP contribution in [0.2, 0.25) is 0 Å². The Morgan fingerprint density at radius 1 is 1.27 bits per heavy atom. The van der Waals surface area contributed by atoms with Gasteiger partial charge in [0.1, 0.15) is 22.1 Å². The number of hydrogen-bond donors (Lipinski definition) is 0. The second kappa shape index (κ2) is 5.23. The van der Waals surface area contributed by atoms with Crippen LogP contribution in [0.25, 0.3) is 21.8 Å². The summed E-state index contributed by atoms with van der Waals surface area (Å²) in [4.78, 5) is 16.7. The quantitative estimate of drug-likeness (QED) is 0.725. The van der Waals surface area contributed by atoms with Crippen molar-refractivity contribution < 1.29 is 14.3 Å². The van der Waals surface area contributed by atoms with E-state index in [0.717, 1.165) is 21.8 Å². The first-order valence-electron chi connectivity index (χ1n) is 6.63. The molecule has 0 spiro atoms. The smallest absolute Gasteiger partial charge is 0.207 e. The van der Waals surface area contributed by atoms with Crippen LogP contribution in [-0.4, -0.2) is 24.5 Å². The molecule has 1 aliphatic heterocycles. The van der Waals surface area contributed by atoms with Gasteiger partial charge in [-0.05, 0) is 23.6 Å². The molecular formula is C16H11NO3S2. The van der Waals surface area contributed by atoms with E-state index in [2.05, 4.69) is 10.4 Å². The molecule has 0 atom stereocenters. The van der Waals surface area contributed by atoms with E-state index in [9.17, 15) is 4.79 Å². The SMILES string of the molecule is COc1ccc(-c2csc(-c3ccsc3)n2)c2c1C(=O)CO2. The maximum atomic E-state index is 12.0. The fourth-order valence-electron chi connectivity index (χ4n) is 2.48. The second-order valence-electron chi connectivity index (χ2n) is 4.78.